The van der Waals surface area contributed by atoms with Crippen LogP contribution in [0.2, 0.25) is 0 Å². The topological polar surface area (TPSA) is 84.9 Å². The highest BCUT2D eigenvalue weighted by molar-refractivity contribution is 5.78. The summed E-state index contributed by atoms with van der Waals surface area (Å²) in [7, 11) is 1.79. The summed E-state index contributed by atoms with van der Waals surface area (Å²) in [5, 5.41) is 14.7. The minimum atomic E-state index is -0.788. The van der Waals surface area contributed by atoms with E-state index in [9.17, 15) is 14.0 Å². The number of rotatable bonds is 11. The molecule has 0 aliphatic carbocycles. The van der Waals surface area contributed by atoms with Gasteiger partial charge in [0.15, 0.2) is 0 Å². The number of aliphatic carboxylic acids is 1. The molecular formula is C14H25FN4O3. The van der Waals surface area contributed by atoms with Crippen molar-refractivity contribution in [3.05, 3.63) is 11.9 Å². The summed E-state index contributed by atoms with van der Waals surface area (Å²) in [4.78, 5) is 22.2. The number of carboxylic acid groups (broad SMARTS) is 1. The predicted molar refractivity (Wildman–Crippen MR) is 80.0 cm³/mol. The second-order valence-electron chi connectivity index (χ2n) is 5.23. The Kier molecular flexibility index (Phi) is 8.27. The van der Waals surface area contributed by atoms with E-state index in [1.807, 2.05) is 6.20 Å². The number of carboxylic acids is 1. The third-order valence-electron chi connectivity index (χ3n) is 3.27. The van der Waals surface area contributed by atoms with Crippen molar-refractivity contribution >= 4 is 11.9 Å². The summed E-state index contributed by atoms with van der Waals surface area (Å²) in [6.07, 6.45) is 5.23. The maximum absolute atomic E-state index is 12.1. The second kappa shape index (κ2) is 9.99. The molecule has 1 aliphatic heterocycles. The van der Waals surface area contributed by atoms with E-state index in [1.54, 1.807) is 17.2 Å². The van der Waals surface area contributed by atoms with Crippen molar-refractivity contribution in [2.24, 2.45) is 0 Å². The summed E-state index contributed by atoms with van der Waals surface area (Å²) < 4.78 is 12.1. The molecule has 1 aliphatic rings. The van der Waals surface area contributed by atoms with Crippen molar-refractivity contribution < 1.29 is 19.1 Å². The second-order valence-corrected chi connectivity index (χ2v) is 5.23. The van der Waals surface area contributed by atoms with Gasteiger partial charge in [-0.05, 0) is 25.7 Å². The Morgan fingerprint density at radius 2 is 2.09 bits per heavy atom. The molecule has 0 fully saturated rings. The zero-order valence-electron chi connectivity index (χ0n) is 13.0. The summed E-state index contributed by atoms with van der Waals surface area (Å²) in [6.45, 7) is 0.380. The lowest BCUT2D eigenvalue weighted by Gasteiger charge is -2.24. The number of unbranched alkanes of at least 4 members (excludes halogenated alkanes) is 2. The van der Waals surface area contributed by atoms with Crippen molar-refractivity contribution in [3.8, 4) is 0 Å². The number of nitrogens with one attached hydrogen (secondary N) is 2. The normalized spacial score (nSPS) is 14.6. The maximum atomic E-state index is 12.1. The number of amides is 1. The Balaban J connectivity index is 2.16. The number of allylic oxidation sites excluding steroid dienone is 1. The first-order valence-electron chi connectivity index (χ1n) is 7.55. The Bertz CT molecular complexity index is 404. The molecule has 0 saturated carbocycles. The number of hydrogen-bond acceptors (Lipinski definition) is 5. The fraction of sp³-hybridized carbons (Fsp3) is 0.714. The van der Waals surface area contributed by atoms with Crippen LogP contribution in [-0.2, 0) is 9.59 Å². The fourth-order valence-electron chi connectivity index (χ4n) is 2.11. The van der Waals surface area contributed by atoms with Crippen LogP contribution in [0.5, 0.6) is 0 Å². The zero-order valence-corrected chi connectivity index (χ0v) is 13.0. The Morgan fingerprint density at radius 1 is 1.32 bits per heavy atom. The molecule has 0 aromatic rings. The minimum Gasteiger partial charge on any atom is -0.481 e. The predicted octanol–water partition coefficient (Wildman–Crippen LogP) is 1.01. The lowest BCUT2D eigenvalue weighted by molar-refractivity contribution is -0.137. The standard InChI is InChI=1S/C14H25FN4O3/c1-18-17-12(6-5-8-15)10-19(18)11-13(20)16-9-4-2-3-7-14(21)22/h10,17H,2-9,11H2,1H3,(H,16,20)(H,21,22). The smallest absolute Gasteiger partial charge is 0.303 e. The quantitative estimate of drug-likeness (QED) is 0.493. The molecule has 0 saturated heterocycles. The van der Waals surface area contributed by atoms with Crippen LogP contribution in [0.15, 0.2) is 11.9 Å². The molecule has 0 bridgehead atoms. The van der Waals surface area contributed by atoms with E-state index in [2.05, 4.69) is 10.7 Å². The van der Waals surface area contributed by atoms with Gasteiger partial charge < -0.3 is 15.8 Å². The van der Waals surface area contributed by atoms with E-state index < -0.39 is 5.97 Å². The molecule has 0 radical (unpaired) electrons. The summed E-state index contributed by atoms with van der Waals surface area (Å²) in [5.41, 5.74) is 3.95. The number of nitrogens with zero attached hydrogens (tertiary/aromatic N) is 2. The van der Waals surface area contributed by atoms with Crippen LogP contribution in [0.4, 0.5) is 4.39 Å². The number of carbonyl (C=O) groups excluding carboxylic acids is 1. The largest absolute Gasteiger partial charge is 0.481 e. The van der Waals surface area contributed by atoms with Gasteiger partial charge >= 0.3 is 5.97 Å². The van der Waals surface area contributed by atoms with Crippen LogP contribution < -0.4 is 10.7 Å². The molecule has 7 nitrogen and oxygen atoms in total. The monoisotopic (exact) mass is 316 g/mol. The van der Waals surface area contributed by atoms with E-state index in [-0.39, 0.29) is 25.5 Å². The molecule has 0 unspecified atom stereocenters. The Labute approximate surface area is 130 Å². The fourth-order valence-corrected chi connectivity index (χ4v) is 2.11. The zero-order chi connectivity index (χ0) is 16.4. The molecule has 126 valence electrons. The maximum Gasteiger partial charge on any atom is 0.303 e. The van der Waals surface area contributed by atoms with Gasteiger partial charge in [-0.15, -0.1) is 5.12 Å². The third kappa shape index (κ3) is 7.26. The molecule has 0 atom stereocenters. The van der Waals surface area contributed by atoms with Gasteiger partial charge in [-0.2, -0.15) is 0 Å². The molecule has 0 aromatic carbocycles. The van der Waals surface area contributed by atoms with Crippen LogP contribution in [0.25, 0.3) is 0 Å². The van der Waals surface area contributed by atoms with Crippen molar-refractivity contribution in [1.82, 2.24) is 20.9 Å². The van der Waals surface area contributed by atoms with Crippen molar-refractivity contribution in [2.45, 2.75) is 38.5 Å². The summed E-state index contributed by atoms with van der Waals surface area (Å²) >= 11 is 0. The molecular weight excluding hydrogens is 291 g/mol. The van der Waals surface area contributed by atoms with Crippen LogP contribution in [0, 0.1) is 0 Å². The van der Waals surface area contributed by atoms with E-state index >= 15 is 0 Å². The lowest BCUT2D eigenvalue weighted by Crippen LogP contribution is -2.44. The Morgan fingerprint density at radius 3 is 2.77 bits per heavy atom. The van der Waals surface area contributed by atoms with Gasteiger partial charge in [0.2, 0.25) is 5.91 Å². The number of carbonyl (C=O) groups is 2. The number of alkyl halides is 1. The van der Waals surface area contributed by atoms with E-state index in [4.69, 9.17) is 5.11 Å². The first kappa shape index (κ1) is 18.2. The number of hydrazine groups is 2. The van der Waals surface area contributed by atoms with Crippen LogP contribution in [0.1, 0.15) is 38.5 Å². The van der Waals surface area contributed by atoms with Crippen molar-refractivity contribution in [2.75, 3.05) is 26.8 Å². The van der Waals surface area contributed by atoms with E-state index in [0.717, 1.165) is 18.5 Å². The molecule has 22 heavy (non-hydrogen) atoms. The van der Waals surface area contributed by atoms with Gasteiger partial charge in [-0.25, -0.2) is 0 Å². The van der Waals surface area contributed by atoms with Gasteiger partial charge in [-0.1, -0.05) is 6.42 Å². The third-order valence-corrected chi connectivity index (χ3v) is 3.27. The highest BCUT2D eigenvalue weighted by atomic mass is 19.1. The molecule has 8 heteroatoms. The van der Waals surface area contributed by atoms with Gasteiger partial charge in [0.1, 0.15) is 6.54 Å². The van der Waals surface area contributed by atoms with Gasteiger partial charge in [0.05, 0.1) is 6.67 Å². The number of halogens is 1. The first-order chi connectivity index (χ1) is 10.5. The molecule has 1 heterocycles. The van der Waals surface area contributed by atoms with Crippen molar-refractivity contribution in [3.63, 3.8) is 0 Å². The van der Waals surface area contributed by atoms with Crippen LogP contribution in [0.3, 0.4) is 0 Å². The van der Waals surface area contributed by atoms with E-state index in [0.29, 0.717) is 25.8 Å². The number of hydrogen-bond donors (Lipinski definition) is 3. The van der Waals surface area contributed by atoms with Crippen molar-refractivity contribution in [1.29, 1.82) is 0 Å². The van der Waals surface area contributed by atoms with Gasteiger partial charge in [0.25, 0.3) is 0 Å². The van der Waals surface area contributed by atoms with Crippen LogP contribution >= 0.6 is 0 Å². The highest BCUT2D eigenvalue weighted by Crippen LogP contribution is 2.12. The van der Waals surface area contributed by atoms with Gasteiger partial charge in [0, 0.05) is 31.9 Å². The molecule has 1 rings (SSSR count). The van der Waals surface area contributed by atoms with Crippen LogP contribution in [-0.4, -0.2) is 53.9 Å². The van der Waals surface area contributed by atoms with Gasteiger partial charge in [-0.3, -0.25) is 19.0 Å². The minimum absolute atomic E-state index is 0.102. The average Bonchev–Trinajstić information content (AvgIpc) is 2.80. The summed E-state index contributed by atoms with van der Waals surface area (Å²) in [5.74, 6) is -0.890. The SMILES string of the molecule is CN1NC(CCCF)=CN1CC(=O)NCCCCCC(=O)O. The highest BCUT2D eigenvalue weighted by Gasteiger charge is 2.19. The first-order valence-corrected chi connectivity index (χ1v) is 7.55. The summed E-state index contributed by atoms with van der Waals surface area (Å²) in [6, 6.07) is 0. The lowest BCUT2D eigenvalue weighted by atomic mass is 10.2. The van der Waals surface area contributed by atoms with E-state index in [1.165, 1.54) is 0 Å². The Hall–Kier alpha value is -1.83. The molecule has 0 aromatic heterocycles. The molecule has 3 N–H and O–H groups in total. The molecule has 0 spiro atoms. The average molecular weight is 316 g/mol. The molecule has 1 amide bonds.